The van der Waals surface area contributed by atoms with Gasteiger partial charge >= 0.3 is 0 Å². The number of thiol groups is 1. The van der Waals surface area contributed by atoms with Gasteiger partial charge < -0.3 is 11.1 Å². The Balaban J connectivity index is 1.93. The molecule has 8 heteroatoms. The fraction of sp³-hybridized carbons (Fsp3) is 0.350. The van der Waals surface area contributed by atoms with E-state index in [1.54, 1.807) is 18.6 Å². The van der Waals surface area contributed by atoms with E-state index in [4.69, 9.17) is 10.7 Å². The van der Waals surface area contributed by atoms with Gasteiger partial charge in [0.1, 0.15) is 11.5 Å². The zero-order valence-corrected chi connectivity index (χ0v) is 17.2. The number of allylic oxidation sites excluding steroid dienone is 1. The molecule has 0 aromatic carbocycles. The number of hydrogen-bond acceptors (Lipinski definition) is 7. The summed E-state index contributed by atoms with van der Waals surface area (Å²) in [5.74, 6) is 1.29. The molecule has 3 rings (SSSR count). The van der Waals surface area contributed by atoms with Crippen LogP contribution in [0, 0.1) is 0 Å². The average Bonchev–Trinajstić information content (AvgIpc) is 3.04. The highest BCUT2D eigenvalue weighted by Gasteiger charge is 2.17. The molecule has 0 saturated carbocycles. The fourth-order valence-electron chi connectivity index (χ4n) is 3.02. The monoisotopic (exact) mass is 397 g/mol. The Hall–Kier alpha value is -2.42. The van der Waals surface area contributed by atoms with Gasteiger partial charge in [0.25, 0.3) is 0 Å². The summed E-state index contributed by atoms with van der Waals surface area (Å²) < 4.78 is 1.91. The molecule has 148 valence electrons. The summed E-state index contributed by atoms with van der Waals surface area (Å²) in [5.41, 5.74) is 8.87. The summed E-state index contributed by atoms with van der Waals surface area (Å²) in [4.78, 5) is 16.6. The quantitative estimate of drug-likeness (QED) is 0.515. The third-order valence-electron chi connectivity index (χ3n) is 4.48. The van der Waals surface area contributed by atoms with Gasteiger partial charge in [-0.1, -0.05) is 6.08 Å². The number of piperazine rings is 1. The minimum absolute atomic E-state index is 0.582. The molecule has 1 fully saturated rings. The summed E-state index contributed by atoms with van der Waals surface area (Å²) in [5, 5.41) is 3.36. The number of aliphatic imine (C=N–C) groups is 1. The number of rotatable bonds is 6. The Morgan fingerprint density at radius 2 is 2.00 bits per heavy atom. The van der Waals surface area contributed by atoms with E-state index in [9.17, 15) is 0 Å². The van der Waals surface area contributed by atoms with Crippen LogP contribution in [0.1, 0.15) is 25.4 Å². The molecule has 2 aromatic rings. The zero-order chi connectivity index (χ0) is 19.9. The van der Waals surface area contributed by atoms with Gasteiger partial charge in [0.2, 0.25) is 0 Å². The molecular formula is C20H27N7S. The Kier molecular flexibility index (Phi) is 7.02. The number of anilines is 1. The van der Waals surface area contributed by atoms with Gasteiger partial charge in [0, 0.05) is 51.3 Å². The lowest BCUT2D eigenvalue weighted by atomic mass is 10.3. The van der Waals surface area contributed by atoms with E-state index >= 15 is 0 Å². The molecular weight excluding hydrogens is 370 g/mol. The minimum atomic E-state index is 0.582. The van der Waals surface area contributed by atoms with E-state index in [0.717, 1.165) is 54.7 Å². The predicted octanol–water partition coefficient (Wildman–Crippen LogP) is 2.37. The first-order chi connectivity index (χ1) is 13.6. The molecule has 0 aliphatic carbocycles. The number of aromatic nitrogens is 3. The summed E-state index contributed by atoms with van der Waals surface area (Å²) in [6.07, 6.45) is 9.30. The van der Waals surface area contributed by atoms with E-state index in [2.05, 4.69) is 38.9 Å². The maximum Gasteiger partial charge on any atom is 0.161 e. The molecule has 1 saturated heterocycles. The van der Waals surface area contributed by atoms with Gasteiger partial charge in [0.05, 0.1) is 11.4 Å². The second-order valence-corrected chi connectivity index (χ2v) is 7.39. The van der Waals surface area contributed by atoms with Gasteiger partial charge in [-0.25, -0.2) is 4.98 Å². The predicted molar refractivity (Wildman–Crippen MR) is 119 cm³/mol. The largest absolute Gasteiger partial charge is 0.383 e. The number of imidazole rings is 1. The molecule has 0 radical (unpaired) electrons. The molecule has 1 aliphatic rings. The fourth-order valence-corrected chi connectivity index (χ4v) is 3.08. The van der Waals surface area contributed by atoms with Crippen LogP contribution in [0.4, 0.5) is 5.82 Å². The molecule has 0 amide bonds. The minimum Gasteiger partial charge on any atom is -0.383 e. The molecule has 7 nitrogen and oxygen atoms in total. The lowest BCUT2D eigenvalue weighted by Gasteiger charge is -2.25. The summed E-state index contributed by atoms with van der Waals surface area (Å²) in [6, 6.07) is 3.81. The van der Waals surface area contributed by atoms with Crippen LogP contribution < -0.4 is 11.1 Å². The lowest BCUT2D eigenvalue weighted by Crippen LogP contribution is -2.43. The first-order valence-electron chi connectivity index (χ1n) is 9.35. The van der Waals surface area contributed by atoms with E-state index in [0.29, 0.717) is 11.6 Å². The van der Waals surface area contributed by atoms with Crippen LogP contribution >= 0.6 is 12.6 Å². The SMILES string of the molecule is CC(=N/C=C(/C)S)c1nc(/C=C\CN2CCNCC2)c(N)n1-c1ccncc1. The van der Waals surface area contributed by atoms with Crippen molar-refractivity contribution in [3.05, 3.63) is 53.2 Å². The second-order valence-electron chi connectivity index (χ2n) is 6.68. The van der Waals surface area contributed by atoms with Crippen molar-refractivity contribution in [1.82, 2.24) is 24.8 Å². The molecule has 28 heavy (non-hydrogen) atoms. The van der Waals surface area contributed by atoms with Gasteiger partial charge in [0.15, 0.2) is 5.82 Å². The van der Waals surface area contributed by atoms with Crippen LogP contribution in [0.25, 0.3) is 11.8 Å². The molecule has 3 heterocycles. The Labute approximate surface area is 171 Å². The smallest absolute Gasteiger partial charge is 0.161 e. The highest BCUT2D eigenvalue weighted by Crippen LogP contribution is 2.22. The van der Waals surface area contributed by atoms with Crippen molar-refractivity contribution in [3.8, 4) is 5.69 Å². The number of nitrogen functional groups attached to an aromatic ring is 1. The molecule has 0 bridgehead atoms. The van der Waals surface area contributed by atoms with Crippen molar-refractivity contribution < 1.29 is 0 Å². The molecule has 3 N–H and O–H groups in total. The number of nitrogens with one attached hydrogen (secondary N) is 1. The average molecular weight is 398 g/mol. The third-order valence-corrected chi connectivity index (χ3v) is 4.60. The normalized spacial score (nSPS) is 16.8. The van der Waals surface area contributed by atoms with Crippen molar-refractivity contribution in [2.45, 2.75) is 13.8 Å². The lowest BCUT2D eigenvalue weighted by molar-refractivity contribution is 0.265. The molecule has 2 aromatic heterocycles. The van der Waals surface area contributed by atoms with Gasteiger partial charge in [-0.3, -0.25) is 19.4 Å². The summed E-state index contributed by atoms with van der Waals surface area (Å²) in [6.45, 7) is 8.85. The summed E-state index contributed by atoms with van der Waals surface area (Å²) >= 11 is 4.28. The van der Waals surface area contributed by atoms with Crippen LogP contribution in [0.5, 0.6) is 0 Å². The Morgan fingerprint density at radius 1 is 1.29 bits per heavy atom. The third kappa shape index (κ3) is 5.09. The Morgan fingerprint density at radius 3 is 2.68 bits per heavy atom. The van der Waals surface area contributed by atoms with Crippen molar-refractivity contribution in [1.29, 1.82) is 0 Å². The van der Waals surface area contributed by atoms with E-state index in [1.165, 1.54) is 0 Å². The summed E-state index contributed by atoms with van der Waals surface area (Å²) in [7, 11) is 0. The molecule has 0 spiro atoms. The Bertz CT molecular complexity index is 873. The van der Waals surface area contributed by atoms with Crippen LogP contribution in [0.3, 0.4) is 0 Å². The van der Waals surface area contributed by atoms with Crippen molar-refractivity contribution >= 4 is 30.2 Å². The second kappa shape index (κ2) is 9.68. The number of pyridine rings is 1. The number of nitrogens with zero attached hydrogens (tertiary/aromatic N) is 5. The van der Waals surface area contributed by atoms with Gasteiger partial charge in [-0.05, 0) is 37.0 Å². The van der Waals surface area contributed by atoms with E-state index < -0.39 is 0 Å². The maximum atomic E-state index is 6.47. The van der Waals surface area contributed by atoms with Gasteiger partial charge in [-0.15, -0.1) is 12.6 Å². The number of hydrogen-bond donors (Lipinski definition) is 3. The zero-order valence-electron chi connectivity index (χ0n) is 16.3. The van der Waals surface area contributed by atoms with E-state index in [-0.39, 0.29) is 0 Å². The first-order valence-corrected chi connectivity index (χ1v) is 9.79. The van der Waals surface area contributed by atoms with E-state index in [1.807, 2.05) is 36.6 Å². The van der Waals surface area contributed by atoms with Crippen LogP contribution in [0.15, 0.2) is 46.7 Å². The molecule has 0 unspecified atom stereocenters. The van der Waals surface area contributed by atoms with Crippen molar-refractivity contribution in [2.75, 3.05) is 38.5 Å². The molecule has 1 aliphatic heterocycles. The van der Waals surface area contributed by atoms with Crippen LogP contribution in [0.2, 0.25) is 0 Å². The number of nitrogens with two attached hydrogens (primary N) is 1. The highest BCUT2D eigenvalue weighted by atomic mass is 32.1. The first kappa shape index (κ1) is 20.3. The van der Waals surface area contributed by atoms with Crippen LogP contribution in [-0.4, -0.2) is 57.9 Å². The van der Waals surface area contributed by atoms with Crippen LogP contribution in [-0.2, 0) is 0 Å². The van der Waals surface area contributed by atoms with Crippen molar-refractivity contribution in [2.24, 2.45) is 4.99 Å². The topological polar surface area (TPSA) is 84.4 Å². The standard InChI is InChI=1S/C20H27N7S/c1-15(28)14-24-16(2)20-25-18(4-3-11-26-12-9-23-10-13-26)19(21)27(20)17-5-7-22-8-6-17/h3-8,14,23,28H,9-13,21H2,1-2H3/b4-3-,15-14-,24-16?. The molecule has 0 atom stereocenters. The van der Waals surface area contributed by atoms with Crippen molar-refractivity contribution in [3.63, 3.8) is 0 Å². The maximum absolute atomic E-state index is 6.47. The highest BCUT2D eigenvalue weighted by molar-refractivity contribution is 7.84. The van der Waals surface area contributed by atoms with Gasteiger partial charge in [-0.2, -0.15) is 0 Å².